The minimum absolute atomic E-state index is 0.0105. The second-order valence-corrected chi connectivity index (χ2v) is 7.45. The lowest BCUT2D eigenvalue weighted by molar-refractivity contribution is -0.167. The fourth-order valence-corrected chi connectivity index (χ4v) is 2.66. The van der Waals surface area contributed by atoms with Gasteiger partial charge in [0.1, 0.15) is 11.6 Å². The van der Waals surface area contributed by atoms with Crippen molar-refractivity contribution in [3.8, 4) is 0 Å². The SMILES string of the molecule is CC(C)(C)OC(=O)C(C)(C)CN1C[C@@H]2OCCN[C@@H]2C1=O. The smallest absolute Gasteiger partial charge is 0.313 e. The van der Waals surface area contributed by atoms with Crippen molar-refractivity contribution >= 4 is 11.9 Å². The molecule has 6 heteroatoms. The second-order valence-electron chi connectivity index (χ2n) is 7.45. The molecule has 0 aromatic carbocycles. The second kappa shape index (κ2) is 5.57. The molecule has 21 heavy (non-hydrogen) atoms. The summed E-state index contributed by atoms with van der Waals surface area (Å²) < 4.78 is 11.1. The van der Waals surface area contributed by atoms with Gasteiger partial charge < -0.3 is 19.7 Å². The maximum Gasteiger partial charge on any atom is 0.313 e. The highest BCUT2D eigenvalue weighted by Gasteiger charge is 2.45. The summed E-state index contributed by atoms with van der Waals surface area (Å²) in [6.45, 7) is 11.3. The van der Waals surface area contributed by atoms with Crippen molar-refractivity contribution in [1.29, 1.82) is 0 Å². The van der Waals surface area contributed by atoms with Crippen LogP contribution < -0.4 is 5.32 Å². The summed E-state index contributed by atoms with van der Waals surface area (Å²) in [6, 6.07) is -0.270. The number of morpholine rings is 1. The highest BCUT2D eigenvalue weighted by Crippen LogP contribution is 2.26. The van der Waals surface area contributed by atoms with Crippen LogP contribution >= 0.6 is 0 Å². The Morgan fingerprint density at radius 2 is 2.05 bits per heavy atom. The van der Waals surface area contributed by atoms with Crippen LogP contribution in [0.3, 0.4) is 0 Å². The number of amides is 1. The molecule has 2 rings (SSSR count). The molecule has 0 spiro atoms. The van der Waals surface area contributed by atoms with Gasteiger partial charge in [0.2, 0.25) is 5.91 Å². The molecule has 0 radical (unpaired) electrons. The van der Waals surface area contributed by atoms with Gasteiger partial charge in [-0.1, -0.05) is 0 Å². The lowest BCUT2D eigenvalue weighted by Crippen LogP contribution is -2.50. The van der Waals surface area contributed by atoms with Gasteiger partial charge in [-0.3, -0.25) is 9.59 Å². The van der Waals surface area contributed by atoms with Crippen molar-refractivity contribution in [1.82, 2.24) is 10.2 Å². The standard InChI is InChI=1S/C15H26N2O4/c1-14(2,3)21-13(19)15(4,5)9-17-8-10-11(12(17)18)16-6-7-20-10/h10-11,16H,6-9H2,1-5H3/t10-,11-/m0/s1. The van der Waals surface area contributed by atoms with Crippen LogP contribution in [0.4, 0.5) is 0 Å². The van der Waals surface area contributed by atoms with Crippen molar-refractivity contribution in [2.24, 2.45) is 5.41 Å². The van der Waals surface area contributed by atoms with Crippen LogP contribution in [-0.4, -0.2) is 60.8 Å². The Hall–Kier alpha value is -1.14. The highest BCUT2D eigenvalue weighted by atomic mass is 16.6. The van der Waals surface area contributed by atoms with Crippen LogP contribution in [0.1, 0.15) is 34.6 Å². The number of fused-ring (bicyclic) bond motifs is 1. The Labute approximate surface area is 126 Å². The van der Waals surface area contributed by atoms with Gasteiger partial charge in [0.05, 0.1) is 18.1 Å². The summed E-state index contributed by atoms with van der Waals surface area (Å²) in [5.41, 5.74) is -1.27. The number of hydrogen-bond acceptors (Lipinski definition) is 5. The van der Waals surface area contributed by atoms with Crippen molar-refractivity contribution < 1.29 is 19.1 Å². The summed E-state index contributed by atoms with van der Waals surface area (Å²) >= 11 is 0. The van der Waals surface area contributed by atoms with E-state index < -0.39 is 11.0 Å². The average molecular weight is 298 g/mol. The molecule has 120 valence electrons. The molecule has 2 atom stereocenters. The molecule has 0 unspecified atom stereocenters. The minimum atomic E-state index is -0.740. The number of nitrogens with one attached hydrogen (secondary N) is 1. The fourth-order valence-electron chi connectivity index (χ4n) is 2.66. The number of carbonyl (C=O) groups is 2. The van der Waals surface area contributed by atoms with Crippen molar-refractivity contribution in [3.63, 3.8) is 0 Å². The minimum Gasteiger partial charge on any atom is -0.460 e. The Bertz CT molecular complexity index is 428. The van der Waals surface area contributed by atoms with E-state index in [0.717, 1.165) is 0 Å². The van der Waals surface area contributed by atoms with Gasteiger partial charge >= 0.3 is 5.97 Å². The predicted molar refractivity (Wildman–Crippen MR) is 77.7 cm³/mol. The van der Waals surface area contributed by atoms with E-state index in [1.165, 1.54) is 0 Å². The van der Waals surface area contributed by atoms with E-state index in [4.69, 9.17) is 9.47 Å². The molecule has 1 amide bonds. The number of rotatable bonds is 3. The largest absolute Gasteiger partial charge is 0.460 e. The van der Waals surface area contributed by atoms with Crippen LogP contribution in [0.25, 0.3) is 0 Å². The number of nitrogens with zero attached hydrogens (tertiary/aromatic N) is 1. The van der Waals surface area contributed by atoms with E-state index in [-0.39, 0.29) is 24.0 Å². The lowest BCUT2D eigenvalue weighted by Gasteiger charge is -2.31. The number of ether oxygens (including phenoxy) is 2. The van der Waals surface area contributed by atoms with Crippen LogP contribution in [0, 0.1) is 5.41 Å². The Morgan fingerprint density at radius 1 is 1.38 bits per heavy atom. The van der Waals surface area contributed by atoms with E-state index in [2.05, 4.69) is 5.32 Å². The Morgan fingerprint density at radius 3 is 2.62 bits per heavy atom. The molecule has 2 aliphatic rings. The molecular formula is C15H26N2O4. The first-order chi connectivity index (χ1) is 9.60. The van der Waals surface area contributed by atoms with E-state index in [9.17, 15) is 9.59 Å². The molecular weight excluding hydrogens is 272 g/mol. The third-order valence-electron chi connectivity index (χ3n) is 3.69. The van der Waals surface area contributed by atoms with Gasteiger partial charge in [-0.15, -0.1) is 0 Å². The normalized spacial score (nSPS) is 26.7. The number of hydrogen-bond donors (Lipinski definition) is 1. The van der Waals surface area contributed by atoms with Crippen LogP contribution in [0.5, 0.6) is 0 Å². The van der Waals surface area contributed by atoms with Crippen molar-refractivity contribution in [3.05, 3.63) is 0 Å². The van der Waals surface area contributed by atoms with Crippen molar-refractivity contribution in [2.75, 3.05) is 26.2 Å². The van der Waals surface area contributed by atoms with E-state index in [1.54, 1.807) is 4.90 Å². The molecule has 0 saturated carbocycles. The zero-order valence-corrected chi connectivity index (χ0v) is 13.6. The zero-order chi connectivity index (χ0) is 15.8. The number of likely N-dealkylation sites (tertiary alicyclic amines) is 1. The molecule has 2 fully saturated rings. The molecule has 2 saturated heterocycles. The third-order valence-corrected chi connectivity index (χ3v) is 3.69. The molecule has 2 heterocycles. The maximum atomic E-state index is 12.4. The molecule has 1 N–H and O–H groups in total. The first-order valence-corrected chi connectivity index (χ1v) is 7.47. The molecule has 2 aliphatic heterocycles. The van der Waals surface area contributed by atoms with Crippen LogP contribution in [-0.2, 0) is 19.1 Å². The van der Waals surface area contributed by atoms with Gasteiger partial charge in [0.15, 0.2) is 0 Å². The number of carbonyl (C=O) groups excluding carboxylic acids is 2. The maximum absolute atomic E-state index is 12.4. The molecule has 0 bridgehead atoms. The average Bonchev–Trinajstić information content (AvgIpc) is 2.64. The van der Waals surface area contributed by atoms with E-state index in [0.29, 0.717) is 26.2 Å². The van der Waals surface area contributed by atoms with Gasteiger partial charge in [-0.2, -0.15) is 0 Å². The van der Waals surface area contributed by atoms with Crippen LogP contribution in [0.15, 0.2) is 0 Å². The molecule has 0 aliphatic carbocycles. The first kappa shape index (κ1) is 16.2. The van der Waals surface area contributed by atoms with Crippen molar-refractivity contribution in [2.45, 2.75) is 52.4 Å². The van der Waals surface area contributed by atoms with Gasteiger partial charge in [0, 0.05) is 19.6 Å². The lowest BCUT2D eigenvalue weighted by atomic mass is 9.92. The van der Waals surface area contributed by atoms with E-state index in [1.807, 2.05) is 34.6 Å². The predicted octanol–water partition coefficient (Wildman–Crippen LogP) is 0.554. The topological polar surface area (TPSA) is 67.9 Å². The number of esters is 1. The first-order valence-electron chi connectivity index (χ1n) is 7.47. The Balaban J connectivity index is 2.00. The zero-order valence-electron chi connectivity index (χ0n) is 13.6. The monoisotopic (exact) mass is 298 g/mol. The van der Waals surface area contributed by atoms with E-state index >= 15 is 0 Å². The third kappa shape index (κ3) is 3.74. The Kier molecular flexibility index (Phi) is 4.31. The quantitative estimate of drug-likeness (QED) is 0.771. The van der Waals surface area contributed by atoms with Crippen LogP contribution in [0.2, 0.25) is 0 Å². The highest BCUT2D eigenvalue weighted by molar-refractivity contribution is 5.86. The van der Waals surface area contributed by atoms with Gasteiger partial charge in [-0.25, -0.2) is 0 Å². The summed E-state index contributed by atoms with van der Waals surface area (Å²) in [6.07, 6.45) is -0.110. The van der Waals surface area contributed by atoms with Gasteiger partial charge in [-0.05, 0) is 34.6 Å². The molecule has 0 aromatic rings. The summed E-state index contributed by atoms with van der Waals surface area (Å²) in [5.74, 6) is -0.275. The molecule has 6 nitrogen and oxygen atoms in total. The molecule has 0 aromatic heterocycles. The van der Waals surface area contributed by atoms with Gasteiger partial charge in [0.25, 0.3) is 0 Å². The summed E-state index contributed by atoms with van der Waals surface area (Å²) in [4.78, 5) is 26.3. The summed E-state index contributed by atoms with van der Waals surface area (Å²) in [5, 5.41) is 3.18. The fraction of sp³-hybridized carbons (Fsp3) is 0.867. The summed E-state index contributed by atoms with van der Waals surface area (Å²) in [7, 11) is 0.